The molecule has 0 unspecified atom stereocenters. The van der Waals surface area contributed by atoms with E-state index in [1.54, 1.807) is 0 Å². The summed E-state index contributed by atoms with van der Waals surface area (Å²) >= 11 is 0. The molecule has 2 aliphatic rings. The molecule has 6 heteroatoms. The van der Waals surface area contributed by atoms with E-state index >= 15 is 0 Å². The van der Waals surface area contributed by atoms with Crippen molar-refractivity contribution in [2.24, 2.45) is 0 Å². The summed E-state index contributed by atoms with van der Waals surface area (Å²) in [7, 11) is -3.32. The van der Waals surface area contributed by atoms with E-state index in [4.69, 9.17) is 8.92 Å². The molecule has 0 N–H and O–H groups in total. The minimum absolute atomic E-state index is 0.263. The number of likely N-dealkylation sites (tertiary alicyclic amines) is 1. The third-order valence-electron chi connectivity index (χ3n) is 5.45. The summed E-state index contributed by atoms with van der Waals surface area (Å²) in [5.74, 6) is 0.955. The van der Waals surface area contributed by atoms with Gasteiger partial charge in [-0.3, -0.25) is 4.18 Å². The van der Waals surface area contributed by atoms with Crippen LogP contribution in [0.3, 0.4) is 0 Å². The largest absolute Gasteiger partial charge is 0.490 e. The van der Waals surface area contributed by atoms with Gasteiger partial charge in [-0.15, -0.1) is 0 Å². The van der Waals surface area contributed by atoms with E-state index in [0.29, 0.717) is 6.10 Å². The summed E-state index contributed by atoms with van der Waals surface area (Å²) in [6.07, 6.45) is 10.4. The average Bonchev–Trinajstić information content (AvgIpc) is 2.55. The number of hydrogen-bond donors (Lipinski definition) is 0. The van der Waals surface area contributed by atoms with Gasteiger partial charge in [0.25, 0.3) is 10.1 Å². The molecule has 5 nitrogen and oxygen atoms in total. The number of unbranched alkanes of at least 4 members (excludes halogenated alkanes) is 1. The van der Waals surface area contributed by atoms with Crippen molar-refractivity contribution >= 4 is 10.1 Å². The molecule has 1 heterocycles. The molecule has 2 fully saturated rings. The highest BCUT2D eigenvalue weighted by atomic mass is 32.2. The first-order valence-corrected chi connectivity index (χ1v) is 11.7. The highest BCUT2D eigenvalue weighted by molar-refractivity contribution is 7.85. The first-order valence-electron chi connectivity index (χ1n) is 9.84. The molecule has 146 valence electrons. The van der Waals surface area contributed by atoms with Gasteiger partial charge in [-0.25, -0.2) is 0 Å². The number of piperidine rings is 1. The Balaban J connectivity index is 1.34. The van der Waals surface area contributed by atoms with Crippen LogP contribution >= 0.6 is 0 Å². The minimum Gasteiger partial charge on any atom is -0.490 e. The van der Waals surface area contributed by atoms with Gasteiger partial charge in [-0.05, 0) is 62.6 Å². The van der Waals surface area contributed by atoms with Gasteiger partial charge in [0.2, 0.25) is 0 Å². The molecule has 0 spiro atoms. The van der Waals surface area contributed by atoms with Gasteiger partial charge in [0, 0.05) is 19.1 Å². The molecular weight excluding hydrogens is 350 g/mol. The van der Waals surface area contributed by atoms with Crippen molar-refractivity contribution in [2.75, 3.05) is 26.0 Å². The SMILES string of the molecule is CS(=O)(=O)OCCCCc1ccc(OC2CCN(C3CCC3)CC2)cc1. The maximum absolute atomic E-state index is 10.9. The first-order chi connectivity index (χ1) is 12.5. The molecule has 1 saturated heterocycles. The number of nitrogens with zero attached hydrogens (tertiary/aromatic N) is 1. The lowest BCUT2D eigenvalue weighted by Gasteiger charge is -2.41. The van der Waals surface area contributed by atoms with Crippen molar-refractivity contribution in [3.8, 4) is 5.75 Å². The zero-order valence-electron chi connectivity index (χ0n) is 15.7. The van der Waals surface area contributed by atoms with E-state index in [1.165, 1.54) is 37.9 Å². The third kappa shape index (κ3) is 6.25. The lowest BCUT2D eigenvalue weighted by molar-refractivity contribution is 0.0493. The number of aryl methyl sites for hydroxylation is 1. The fourth-order valence-corrected chi connectivity index (χ4v) is 4.10. The van der Waals surface area contributed by atoms with E-state index in [9.17, 15) is 8.42 Å². The van der Waals surface area contributed by atoms with Crippen LogP contribution in [0.25, 0.3) is 0 Å². The highest BCUT2D eigenvalue weighted by Gasteiger charge is 2.29. The monoisotopic (exact) mass is 381 g/mol. The van der Waals surface area contributed by atoms with Gasteiger partial charge < -0.3 is 9.64 Å². The Kier molecular flexibility index (Phi) is 6.95. The van der Waals surface area contributed by atoms with Crippen LogP contribution < -0.4 is 4.74 Å². The van der Waals surface area contributed by atoms with Gasteiger partial charge in [0.15, 0.2) is 0 Å². The Morgan fingerprint density at radius 2 is 1.73 bits per heavy atom. The number of rotatable bonds is 9. The fraction of sp³-hybridized carbons (Fsp3) is 0.700. The van der Waals surface area contributed by atoms with E-state index < -0.39 is 10.1 Å². The minimum atomic E-state index is -3.32. The first kappa shape index (κ1) is 19.6. The predicted octanol–water partition coefficient (Wildman–Crippen LogP) is 3.38. The third-order valence-corrected chi connectivity index (χ3v) is 6.05. The quantitative estimate of drug-likeness (QED) is 0.485. The van der Waals surface area contributed by atoms with Crippen LogP contribution in [0.1, 0.15) is 50.5 Å². The smallest absolute Gasteiger partial charge is 0.264 e. The summed E-state index contributed by atoms with van der Waals surface area (Å²) in [6.45, 7) is 2.60. The summed E-state index contributed by atoms with van der Waals surface area (Å²) < 4.78 is 32.7. The molecule has 3 rings (SSSR count). The van der Waals surface area contributed by atoms with Gasteiger partial charge in [-0.2, -0.15) is 8.42 Å². The topological polar surface area (TPSA) is 55.8 Å². The second-order valence-electron chi connectivity index (χ2n) is 7.57. The Morgan fingerprint density at radius 1 is 1.04 bits per heavy atom. The molecule has 0 amide bonds. The lowest BCUT2D eigenvalue weighted by atomic mass is 9.90. The van der Waals surface area contributed by atoms with Crippen LogP contribution in [0, 0.1) is 0 Å². The van der Waals surface area contributed by atoms with Crippen molar-refractivity contribution in [1.82, 2.24) is 4.90 Å². The maximum atomic E-state index is 10.9. The zero-order chi connectivity index (χ0) is 18.4. The summed E-state index contributed by atoms with van der Waals surface area (Å²) in [6, 6.07) is 9.17. The molecule has 1 aliphatic heterocycles. The fourth-order valence-electron chi connectivity index (χ4n) is 3.68. The van der Waals surface area contributed by atoms with Crippen molar-refractivity contribution in [1.29, 1.82) is 0 Å². The number of benzene rings is 1. The number of hydrogen-bond acceptors (Lipinski definition) is 5. The van der Waals surface area contributed by atoms with Crippen molar-refractivity contribution < 1.29 is 17.3 Å². The molecule has 1 aromatic carbocycles. The molecule has 0 aromatic heterocycles. The van der Waals surface area contributed by atoms with Crippen LogP contribution in [0.5, 0.6) is 5.75 Å². The second kappa shape index (κ2) is 9.20. The van der Waals surface area contributed by atoms with Crippen molar-refractivity contribution in [3.63, 3.8) is 0 Å². The Hall–Kier alpha value is -1.11. The normalized spacial score (nSPS) is 20.0. The maximum Gasteiger partial charge on any atom is 0.264 e. The molecule has 26 heavy (non-hydrogen) atoms. The molecule has 1 aliphatic carbocycles. The van der Waals surface area contributed by atoms with Gasteiger partial charge in [0.05, 0.1) is 12.9 Å². The van der Waals surface area contributed by atoms with Crippen LogP contribution in [0.4, 0.5) is 0 Å². The highest BCUT2D eigenvalue weighted by Crippen LogP contribution is 2.28. The predicted molar refractivity (Wildman–Crippen MR) is 103 cm³/mol. The molecule has 1 aromatic rings. The van der Waals surface area contributed by atoms with Gasteiger partial charge >= 0.3 is 0 Å². The zero-order valence-corrected chi connectivity index (χ0v) is 16.5. The molecule has 1 saturated carbocycles. The van der Waals surface area contributed by atoms with E-state index in [-0.39, 0.29) is 6.61 Å². The van der Waals surface area contributed by atoms with Crippen LogP contribution in [-0.4, -0.2) is 51.4 Å². The van der Waals surface area contributed by atoms with Gasteiger partial charge in [0.1, 0.15) is 11.9 Å². The average molecular weight is 382 g/mol. The van der Waals surface area contributed by atoms with Crippen LogP contribution in [0.15, 0.2) is 24.3 Å². The van der Waals surface area contributed by atoms with Crippen LogP contribution in [-0.2, 0) is 20.7 Å². The van der Waals surface area contributed by atoms with E-state index in [2.05, 4.69) is 29.2 Å². The summed E-state index contributed by atoms with van der Waals surface area (Å²) in [4.78, 5) is 2.64. The summed E-state index contributed by atoms with van der Waals surface area (Å²) in [5, 5.41) is 0. The van der Waals surface area contributed by atoms with E-state index in [0.717, 1.165) is 50.2 Å². The standard InChI is InChI=1S/C20H31NO4S/c1-26(22,23)24-16-3-2-5-17-8-10-19(11-9-17)25-20-12-14-21(15-13-20)18-6-4-7-18/h8-11,18,20H,2-7,12-16H2,1H3. The molecule has 0 bridgehead atoms. The number of ether oxygens (including phenoxy) is 1. The van der Waals surface area contributed by atoms with Gasteiger partial charge in [-0.1, -0.05) is 18.6 Å². The Bertz CT molecular complexity index is 647. The van der Waals surface area contributed by atoms with E-state index in [1.807, 2.05) is 0 Å². The van der Waals surface area contributed by atoms with Crippen molar-refractivity contribution in [3.05, 3.63) is 29.8 Å². The Morgan fingerprint density at radius 3 is 2.31 bits per heavy atom. The summed E-state index contributed by atoms with van der Waals surface area (Å²) in [5.41, 5.74) is 1.25. The van der Waals surface area contributed by atoms with Crippen molar-refractivity contribution in [2.45, 2.75) is 63.5 Å². The molecule has 0 radical (unpaired) electrons. The van der Waals surface area contributed by atoms with Crippen LogP contribution in [0.2, 0.25) is 0 Å². The lowest BCUT2D eigenvalue weighted by Crippen LogP contribution is -2.46. The molecule has 0 atom stereocenters. The Labute approximate surface area is 157 Å². The second-order valence-corrected chi connectivity index (χ2v) is 9.21. The molecular formula is C20H31NO4S.